The fourth-order valence-corrected chi connectivity index (χ4v) is 2.48. The summed E-state index contributed by atoms with van der Waals surface area (Å²) in [4.78, 5) is 8.16. The Morgan fingerprint density at radius 2 is 2.05 bits per heavy atom. The Morgan fingerprint density at radius 3 is 2.79 bits per heavy atom. The molecule has 19 heavy (non-hydrogen) atoms. The van der Waals surface area contributed by atoms with Gasteiger partial charge in [0.25, 0.3) is 0 Å². The zero-order valence-corrected chi connectivity index (χ0v) is 11.3. The SMILES string of the molecule is Cl.NC[C@H]1OCCc2c(-c3cncnc3)cccc21. The maximum absolute atomic E-state index is 5.76. The minimum Gasteiger partial charge on any atom is -0.372 e. The van der Waals surface area contributed by atoms with E-state index in [9.17, 15) is 0 Å². The van der Waals surface area contributed by atoms with E-state index in [-0.39, 0.29) is 18.5 Å². The first-order valence-corrected chi connectivity index (χ1v) is 6.09. The molecule has 0 bridgehead atoms. The smallest absolute Gasteiger partial charge is 0.115 e. The Morgan fingerprint density at radius 1 is 1.26 bits per heavy atom. The van der Waals surface area contributed by atoms with Gasteiger partial charge in [-0.05, 0) is 23.1 Å². The van der Waals surface area contributed by atoms with E-state index in [1.807, 2.05) is 18.5 Å². The summed E-state index contributed by atoms with van der Waals surface area (Å²) in [5.74, 6) is 0. The van der Waals surface area contributed by atoms with Gasteiger partial charge in [-0.25, -0.2) is 9.97 Å². The summed E-state index contributed by atoms with van der Waals surface area (Å²) < 4.78 is 5.69. The molecule has 0 radical (unpaired) electrons. The van der Waals surface area contributed by atoms with Crippen LogP contribution < -0.4 is 5.73 Å². The number of hydrogen-bond donors (Lipinski definition) is 1. The van der Waals surface area contributed by atoms with Gasteiger partial charge in [0, 0.05) is 24.5 Å². The minimum absolute atomic E-state index is 0. The Labute approximate surface area is 118 Å². The predicted octanol–water partition coefficient (Wildman–Crippen LogP) is 2.14. The van der Waals surface area contributed by atoms with Gasteiger partial charge in [-0.1, -0.05) is 18.2 Å². The van der Waals surface area contributed by atoms with E-state index < -0.39 is 0 Å². The molecule has 2 heterocycles. The molecule has 4 nitrogen and oxygen atoms in total. The van der Waals surface area contributed by atoms with Crippen LogP contribution in [-0.2, 0) is 11.2 Å². The molecule has 0 unspecified atom stereocenters. The van der Waals surface area contributed by atoms with E-state index in [2.05, 4.69) is 22.1 Å². The zero-order chi connectivity index (χ0) is 12.4. The fraction of sp³-hybridized carbons (Fsp3) is 0.286. The van der Waals surface area contributed by atoms with Gasteiger partial charge in [-0.15, -0.1) is 12.4 Å². The third-order valence-corrected chi connectivity index (χ3v) is 3.32. The van der Waals surface area contributed by atoms with Crippen LogP contribution in [0.25, 0.3) is 11.1 Å². The van der Waals surface area contributed by atoms with Gasteiger partial charge >= 0.3 is 0 Å². The molecule has 1 aromatic heterocycles. The number of nitrogens with zero attached hydrogens (tertiary/aromatic N) is 2. The van der Waals surface area contributed by atoms with Crippen LogP contribution >= 0.6 is 12.4 Å². The maximum Gasteiger partial charge on any atom is 0.115 e. The van der Waals surface area contributed by atoms with Gasteiger partial charge in [0.15, 0.2) is 0 Å². The monoisotopic (exact) mass is 277 g/mol. The number of nitrogens with two attached hydrogens (primary N) is 1. The molecular weight excluding hydrogens is 262 g/mol. The van der Waals surface area contributed by atoms with Crippen LogP contribution in [0.4, 0.5) is 0 Å². The van der Waals surface area contributed by atoms with Crippen molar-refractivity contribution in [3.8, 4) is 11.1 Å². The molecule has 2 aromatic rings. The number of ether oxygens (including phenoxy) is 1. The second kappa shape index (κ2) is 6.10. The quantitative estimate of drug-likeness (QED) is 0.914. The van der Waals surface area contributed by atoms with Crippen molar-refractivity contribution in [3.05, 3.63) is 48.0 Å². The molecule has 0 amide bonds. The third-order valence-electron chi connectivity index (χ3n) is 3.32. The second-order valence-corrected chi connectivity index (χ2v) is 4.35. The molecule has 0 spiro atoms. The third kappa shape index (κ3) is 2.61. The first-order valence-electron chi connectivity index (χ1n) is 6.09. The molecule has 0 aliphatic carbocycles. The van der Waals surface area contributed by atoms with Crippen molar-refractivity contribution in [3.63, 3.8) is 0 Å². The summed E-state index contributed by atoms with van der Waals surface area (Å²) in [5.41, 5.74) is 10.5. The highest BCUT2D eigenvalue weighted by atomic mass is 35.5. The highest BCUT2D eigenvalue weighted by Gasteiger charge is 2.22. The summed E-state index contributed by atoms with van der Waals surface area (Å²) >= 11 is 0. The number of hydrogen-bond acceptors (Lipinski definition) is 4. The van der Waals surface area contributed by atoms with Crippen LogP contribution in [0.3, 0.4) is 0 Å². The van der Waals surface area contributed by atoms with Crippen molar-refractivity contribution < 1.29 is 4.74 Å². The number of rotatable bonds is 2. The molecule has 1 aromatic carbocycles. The van der Waals surface area contributed by atoms with E-state index in [1.165, 1.54) is 16.7 Å². The lowest BCUT2D eigenvalue weighted by atomic mass is 9.90. The van der Waals surface area contributed by atoms with Crippen LogP contribution in [-0.4, -0.2) is 23.1 Å². The largest absolute Gasteiger partial charge is 0.372 e. The normalized spacial score (nSPS) is 17.4. The van der Waals surface area contributed by atoms with Crippen LogP contribution in [0.2, 0.25) is 0 Å². The molecule has 5 heteroatoms. The van der Waals surface area contributed by atoms with E-state index in [0.717, 1.165) is 18.6 Å². The van der Waals surface area contributed by atoms with Crippen LogP contribution in [0, 0.1) is 0 Å². The molecule has 100 valence electrons. The van der Waals surface area contributed by atoms with Crippen molar-refractivity contribution in [2.24, 2.45) is 5.73 Å². The van der Waals surface area contributed by atoms with Crippen LogP contribution in [0.15, 0.2) is 36.9 Å². The van der Waals surface area contributed by atoms with Gasteiger partial charge in [-0.3, -0.25) is 0 Å². The molecule has 2 N–H and O–H groups in total. The maximum atomic E-state index is 5.76. The van der Waals surface area contributed by atoms with E-state index in [0.29, 0.717) is 6.54 Å². The average Bonchev–Trinajstić information content (AvgIpc) is 2.47. The van der Waals surface area contributed by atoms with Crippen molar-refractivity contribution in [1.29, 1.82) is 0 Å². The van der Waals surface area contributed by atoms with E-state index in [4.69, 9.17) is 10.5 Å². The van der Waals surface area contributed by atoms with Gasteiger partial charge in [0.1, 0.15) is 6.33 Å². The molecular formula is C14H16ClN3O. The van der Waals surface area contributed by atoms with Crippen molar-refractivity contribution in [1.82, 2.24) is 9.97 Å². The lowest BCUT2D eigenvalue weighted by molar-refractivity contribution is 0.0486. The topological polar surface area (TPSA) is 61.0 Å². The highest BCUT2D eigenvalue weighted by molar-refractivity contribution is 5.85. The molecule has 1 atom stereocenters. The average molecular weight is 278 g/mol. The number of fused-ring (bicyclic) bond motifs is 1. The van der Waals surface area contributed by atoms with Crippen LogP contribution in [0.1, 0.15) is 17.2 Å². The Kier molecular flexibility index (Phi) is 4.47. The van der Waals surface area contributed by atoms with Crippen molar-refractivity contribution in [2.45, 2.75) is 12.5 Å². The summed E-state index contributed by atoms with van der Waals surface area (Å²) in [6.45, 7) is 1.24. The predicted molar refractivity (Wildman–Crippen MR) is 76.2 cm³/mol. The summed E-state index contributed by atoms with van der Waals surface area (Å²) in [5, 5.41) is 0. The van der Waals surface area contributed by atoms with Crippen LogP contribution in [0.5, 0.6) is 0 Å². The zero-order valence-electron chi connectivity index (χ0n) is 10.5. The van der Waals surface area contributed by atoms with Crippen molar-refractivity contribution >= 4 is 12.4 Å². The van der Waals surface area contributed by atoms with Gasteiger partial charge in [0.05, 0.1) is 12.7 Å². The molecule has 1 aliphatic heterocycles. The lowest BCUT2D eigenvalue weighted by Gasteiger charge is -2.26. The molecule has 0 fully saturated rings. The lowest BCUT2D eigenvalue weighted by Crippen LogP contribution is -2.23. The summed E-state index contributed by atoms with van der Waals surface area (Å²) in [7, 11) is 0. The summed E-state index contributed by atoms with van der Waals surface area (Å²) in [6, 6.07) is 6.24. The van der Waals surface area contributed by atoms with Gasteiger partial charge < -0.3 is 10.5 Å². The van der Waals surface area contributed by atoms with E-state index >= 15 is 0 Å². The van der Waals surface area contributed by atoms with Gasteiger partial charge in [0.2, 0.25) is 0 Å². The van der Waals surface area contributed by atoms with E-state index in [1.54, 1.807) is 6.33 Å². The minimum atomic E-state index is 0. The fourth-order valence-electron chi connectivity index (χ4n) is 2.48. The van der Waals surface area contributed by atoms with Gasteiger partial charge in [-0.2, -0.15) is 0 Å². The second-order valence-electron chi connectivity index (χ2n) is 4.35. The highest BCUT2D eigenvalue weighted by Crippen LogP contribution is 2.33. The Hall–Kier alpha value is -1.49. The number of aromatic nitrogens is 2. The molecule has 0 saturated heterocycles. The standard InChI is InChI=1S/C14H15N3O.ClH/c15-6-14-13-3-1-2-11(12(13)4-5-18-14)10-7-16-9-17-8-10;/h1-3,7-9,14H,4-6,15H2;1H/t14-;/m1./s1. The first-order chi connectivity index (χ1) is 8.90. The summed E-state index contributed by atoms with van der Waals surface area (Å²) in [6.07, 6.45) is 6.16. The number of benzene rings is 1. The Balaban J connectivity index is 0.00000133. The van der Waals surface area contributed by atoms with Crippen molar-refractivity contribution in [2.75, 3.05) is 13.2 Å². The number of halogens is 1. The molecule has 0 saturated carbocycles. The Bertz CT molecular complexity index is 548. The molecule has 1 aliphatic rings. The first kappa shape index (κ1) is 13.9. The molecule has 3 rings (SSSR count).